The van der Waals surface area contributed by atoms with Gasteiger partial charge in [-0.1, -0.05) is 30.3 Å². The van der Waals surface area contributed by atoms with Crippen molar-refractivity contribution in [2.45, 2.75) is 6.42 Å². The number of carboxylic acid groups (broad SMARTS) is 1. The molecule has 118 valence electrons. The van der Waals surface area contributed by atoms with E-state index >= 15 is 0 Å². The summed E-state index contributed by atoms with van der Waals surface area (Å²) in [5.41, 5.74) is 1.03. The van der Waals surface area contributed by atoms with E-state index in [1.54, 1.807) is 0 Å². The third-order valence-corrected chi connectivity index (χ3v) is 2.89. The number of hydrogen-bond acceptors (Lipinski definition) is 4. The first kappa shape index (κ1) is 17.4. The lowest BCUT2D eigenvalue weighted by molar-refractivity contribution is -0.685. The maximum atomic E-state index is 11.1. The molecule has 22 heavy (non-hydrogen) atoms. The fourth-order valence-electron chi connectivity index (χ4n) is 1.95. The number of halogens is 1. The summed E-state index contributed by atoms with van der Waals surface area (Å²) in [7, 11) is 1.41. The van der Waals surface area contributed by atoms with Gasteiger partial charge >= 0.3 is 17.7 Å². The van der Waals surface area contributed by atoms with Gasteiger partial charge in [0.2, 0.25) is 0 Å². The quantitative estimate of drug-likeness (QED) is 0.365. The number of rotatable bonds is 6. The van der Waals surface area contributed by atoms with Gasteiger partial charge in [0, 0.05) is 6.42 Å². The van der Waals surface area contributed by atoms with E-state index in [9.17, 15) is 14.9 Å². The summed E-state index contributed by atoms with van der Waals surface area (Å²) in [6.07, 6.45) is 1.84. The molecule has 0 radical (unpaired) electrons. The topological polar surface area (TPSA) is 98.5 Å². The van der Waals surface area contributed by atoms with Crippen molar-refractivity contribution in [1.82, 2.24) is 4.68 Å². The van der Waals surface area contributed by atoms with Crippen LogP contribution >= 0.6 is 0 Å². The molecule has 0 bridgehead atoms. The lowest BCUT2D eigenvalue weighted by Crippen LogP contribution is -3.00. The summed E-state index contributed by atoms with van der Waals surface area (Å²) in [5, 5.41) is 19.2. The maximum absolute atomic E-state index is 11.1. The summed E-state index contributed by atoms with van der Waals surface area (Å²) in [5.74, 6) is -1.99. The predicted octanol–water partition coefficient (Wildman–Crippen LogP) is -2.32. The van der Waals surface area contributed by atoms with Crippen LogP contribution in [0.3, 0.4) is 0 Å². The highest BCUT2D eigenvalue weighted by molar-refractivity contribution is 5.81. The molecule has 0 aliphatic carbocycles. The molecule has 0 atom stereocenters. The van der Waals surface area contributed by atoms with Gasteiger partial charge in [0.25, 0.3) is 5.03 Å². The van der Waals surface area contributed by atoms with Crippen molar-refractivity contribution in [2.75, 3.05) is 6.61 Å². The molecule has 9 heteroatoms. The Balaban J connectivity index is 0.00000242. The number of ether oxygens (including phenoxy) is 1. The van der Waals surface area contributed by atoms with Crippen LogP contribution < -0.4 is 21.7 Å². The lowest BCUT2D eigenvalue weighted by Gasteiger charge is -2.01. The standard InChI is InChI=1S/C13H13N3O5.ClH/c1-14-9-11(15(16(19)20)12(14)13(17)18)21-8-7-10-5-3-2-4-6-10;/h2-6,9H,7-8H2,1H3;1H. The van der Waals surface area contributed by atoms with Gasteiger partial charge in [-0.3, -0.25) is 0 Å². The van der Waals surface area contributed by atoms with Crippen LogP contribution in [-0.2, 0) is 13.5 Å². The molecule has 0 aliphatic heterocycles. The molecule has 0 fully saturated rings. The molecule has 0 saturated heterocycles. The number of aryl methyl sites for hydroxylation is 1. The monoisotopic (exact) mass is 327 g/mol. The first-order chi connectivity index (χ1) is 10.0. The molecule has 8 nitrogen and oxygen atoms in total. The van der Waals surface area contributed by atoms with Crippen LogP contribution in [0.4, 0.5) is 0 Å². The van der Waals surface area contributed by atoms with E-state index in [0.717, 1.165) is 10.1 Å². The van der Waals surface area contributed by atoms with Crippen LogP contribution in [0.1, 0.15) is 16.2 Å². The number of imidazole rings is 1. The van der Waals surface area contributed by atoms with Gasteiger partial charge in [0.05, 0.1) is 13.7 Å². The zero-order valence-electron chi connectivity index (χ0n) is 11.7. The lowest BCUT2D eigenvalue weighted by atomic mass is 10.2. The molecule has 2 aromatic rings. The van der Waals surface area contributed by atoms with Crippen molar-refractivity contribution in [3.05, 3.63) is 58.0 Å². The number of aromatic carboxylic acids is 1. The van der Waals surface area contributed by atoms with Crippen LogP contribution in [-0.4, -0.2) is 27.4 Å². The fourth-order valence-corrected chi connectivity index (χ4v) is 1.95. The van der Waals surface area contributed by atoms with Crippen LogP contribution in [0, 0.1) is 10.1 Å². The van der Waals surface area contributed by atoms with Crippen molar-refractivity contribution in [1.29, 1.82) is 0 Å². The zero-order valence-corrected chi connectivity index (χ0v) is 12.4. The van der Waals surface area contributed by atoms with Crippen molar-refractivity contribution < 1.29 is 36.6 Å². The molecule has 0 aliphatic rings. The van der Waals surface area contributed by atoms with E-state index in [1.807, 2.05) is 30.3 Å². The zero-order chi connectivity index (χ0) is 15.4. The average molecular weight is 328 g/mol. The van der Waals surface area contributed by atoms with E-state index in [0.29, 0.717) is 11.1 Å². The minimum Gasteiger partial charge on any atom is -1.00 e. The highest BCUT2D eigenvalue weighted by atomic mass is 35.5. The summed E-state index contributed by atoms with van der Waals surface area (Å²) >= 11 is 0. The van der Waals surface area contributed by atoms with Crippen LogP contribution in [0.5, 0.6) is 5.88 Å². The van der Waals surface area contributed by atoms with Gasteiger partial charge in [-0.25, -0.2) is 19.5 Å². The summed E-state index contributed by atoms with van der Waals surface area (Å²) in [6.45, 7) is 0.209. The third-order valence-electron chi connectivity index (χ3n) is 2.89. The molecule has 0 amide bonds. The number of aromatic nitrogens is 2. The van der Waals surface area contributed by atoms with Crippen molar-refractivity contribution in [2.24, 2.45) is 7.05 Å². The minimum atomic E-state index is -1.40. The summed E-state index contributed by atoms with van der Waals surface area (Å²) in [6, 6.07) is 9.49. The number of carbonyl (C=O) groups is 1. The number of benzene rings is 1. The maximum Gasteiger partial charge on any atom is 0.438 e. The molecular weight excluding hydrogens is 314 g/mol. The molecule has 1 aromatic carbocycles. The predicted molar refractivity (Wildman–Crippen MR) is 70.6 cm³/mol. The SMILES string of the molecule is C[n+]1cc(OCCc2ccccc2)n([N+](=O)[O-])c1C(=O)O.[Cl-]. The second-order valence-corrected chi connectivity index (χ2v) is 4.34. The molecule has 0 saturated carbocycles. The Morgan fingerprint density at radius 3 is 2.59 bits per heavy atom. The molecular formula is C13H14ClN3O5. The van der Waals surface area contributed by atoms with E-state index in [1.165, 1.54) is 13.2 Å². The first-order valence-electron chi connectivity index (χ1n) is 6.16. The Kier molecular flexibility index (Phi) is 5.88. The van der Waals surface area contributed by atoms with Crippen LogP contribution in [0.15, 0.2) is 36.5 Å². The molecule has 1 heterocycles. The largest absolute Gasteiger partial charge is 1.00 e. The second kappa shape index (κ2) is 7.41. The summed E-state index contributed by atoms with van der Waals surface area (Å²) < 4.78 is 6.92. The first-order valence-corrected chi connectivity index (χ1v) is 6.16. The molecule has 1 N–H and O–H groups in total. The number of hydrogen-bond donors (Lipinski definition) is 1. The van der Waals surface area contributed by atoms with Crippen LogP contribution in [0.25, 0.3) is 0 Å². The minimum absolute atomic E-state index is 0. The Hall–Kier alpha value is -2.61. The van der Waals surface area contributed by atoms with Gasteiger partial charge in [-0.15, -0.1) is 0 Å². The van der Waals surface area contributed by atoms with Gasteiger partial charge in [-0.2, -0.15) is 0 Å². The van der Waals surface area contributed by atoms with Crippen molar-refractivity contribution in [3.8, 4) is 5.88 Å². The third kappa shape index (κ3) is 3.73. The van der Waals surface area contributed by atoms with E-state index < -0.39 is 16.8 Å². The molecule has 0 spiro atoms. The number of nitro groups is 1. The van der Waals surface area contributed by atoms with Gasteiger partial charge in [-0.05, 0) is 5.56 Å². The van der Waals surface area contributed by atoms with Crippen molar-refractivity contribution in [3.63, 3.8) is 0 Å². The Labute approximate surface area is 132 Å². The number of nitrogens with zero attached hydrogens (tertiary/aromatic N) is 3. The highest BCUT2D eigenvalue weighted by Crippen LogP contribution is 2.13. The Bertz CT molecular complexity index is 672. The summed E-state index contributed by atoms with van der Waals surface area (Å²) in [4.78, 5) is 22.1. The Morgan fingerprint density at radius 2 is 2.05 bits per heavy atom. The van der Waals surface area contributed by atoms with Crippen molar-refractivity contribution >= 4 is 5.97 Å². The van der Waals surface area contributed by atoms with E-state index in [4.69, 9.17) is 9.84 Å². The molecule has 2 rings (SSSR count). The Morgan fingerprint density at radius 1 is 1.41 bits per heavy atom. The van der Waals surface area contributed by atoms with Gasteiger partial charge in [0.15, 0.2) is 6.20 Å². The number of carboxylic acids is 1. The normalized spacial score (nSPS) is 9.86. The second-order valence-electron chi connectivity index (χ2n) is 4.34. The highest BCUT2D eigenvalue weighted by Gasteiger charge is 2.37. The van der Waals surface area contributed by atoms with E-state index in [-0.39, 0.29) is 24.9 Å². The average Bonchev–Trinajstić information content (AvgIpc) is 2.77. The smallest absolute Gasteiger partial charge is 0.438 e. The fraction of sp³-hybridized carbons (Fsp3) is 0.231. The van der Waals surface area contributed by atoms with Gasteiger partial charge in [0.1, 0.15) is 4.68 Å². The van der Waals surface area contributed by atoms with Crippen LogP contribution in [0.2, 0.25) is 0 Å². The van der Waals surface area contributed by atoms with Gasteiger partial charge < -0.3 is 22.3 Å². The van der Waals surface area contributed by atoms with E-state index in [2.05, 4.69) is 0 Å². The molecule has 0 unspecified atom stereocenters. The molecule has 1 aromatic heterocycles.